The van der Waals surface area contributed by atoms with Gasteiger partial charge < -0.3 is 19.5 Å². The van der Waals surface area contributed by atoms with Gasteiger partial charge in [-0.05, 0) is 37.1 Å². The van der Waals surface area contributed by atoms with Gasteiger partial charge in [-0.15, -0.1) is 5.10 Å². The Morgan fingerprint density at radius 1 is 1.22 bits per heavy atom. The van der Waals surface area contributed by atoms with Gasteiger partial charge in [0.1, 0.15) is 5.69 Å². The van der Waals surface area contributed by atoms with E-state index < -0.39 is 17.8 Å². The number of fused-ring (bicyclic) bond motifs is 1. The Hall–Kier alpha value is -3.14. The second-order valence-corrected chi connectivity index (χ2v) is 7.87. The highest BCUT2D eigenvalue weighted by Gasteiger charge is 2.33. The van der Waals surface area contributed by atoms with Gasteiger partial charge in [-0.2, -0.15) is 18.3 Å². The van der Waals surface area contributed by atoms with Crippen LogP contribution in [0, 0.1) is 6.92 Å². The van der Waals surface area contributed by atoms with Gasteiger partial charge in [0.05, 0.1) is 36.5 Å². The van der Waals surface area contributed by atoms with Crippen LogP contribution in [0.15, 0.2) is 35.3 Å². The second kappa shape index (κ2) is 8.42. The van der Waals surface area contributed by atoms with Crippen LogP contribution in [0.4, 0.5) is 24.7 Å². The SMILES string of the molecule is Cc1c([C@@H](C)Nc2nncc3c2cc(N2CCOCC2)c(=O)n3C)cccc1C(F)(F)F. The normalized spacial score (nSPS) is 15.8. The van der Waals surface area contributed by atoms with Crippen molar-refractivity contribution in [2.75, 3.05) is 36.5 Å². The van der Waals surface area contributed by atoms with Crippen LogP contribution < -0.4 is 15.8 Å². The van der Waals surface area contributed by atoms with Gasteiger partial charge in [0.2, 0.25) is 0 Å². The summed E-state index contributed by atoms with van der Waals surface area (Å²) in [5.41, 5.74) is 0.968. The lowest BCUT2D eigenvalue weighted by Crippen LogP contribution is -2.40. The van der Waals surface area contributed by atoms with Crippen LogP contribution in [0.3, 0.4) is 0 Å². The van der Waals surface area contributed by atoms with Gasteiger partial charge >= 0.3 is 6.18 Å². The maximum atomic E-state index is 13.3. The number of anilines is 2. The summed E-state index contributed by atoms with van der Waals surface area (Å²) in [5, 5.41) is 12.1. The molecular formula is C22H24F3N5O2. The minimum absolute atomic E-state index is 0.153. The summed E-state index contributed by atoms with van der Waals surface area (Å²) in [7, 11) is 1.67. The van der Waals surface area contributed by atoms with Crippen molar-refractivity contribution >= 4 is 22.4 Å². The topological polar surface area (TPSA) is 72.3 Å². The minimum atomic E-state index is -4.43. The third-order valence-corrected chi connectivity index (χ3v) is 5.89. The van der Waals surface area contributed by atoms with E-state index in [2.05, 4.69) is 15.5 Å². The molecule has 3 heterocycles. The van der Waals surface area contributed by atoms with Crippen molar-refractivity contribution in [2.24, 2.45) is 7.05 Å². The third kappa shape index (κ3) is 4.02. The highest BCUT2D eigenvalue weighted by atomic mass is 19.4. The van der Waals surface area contributed by atoms with Gasteiger partial charge in [0.25, 0.3) is 5.56 Å². The summed E-state index contributed by atoms with van der Waals surface area (Å²) in [6.07, 6.45) is -2.92. The lowest BCUT2D eigenvalue weighted by atomic mass is 9.97. The van der Waals surface area contributed by atoms with E-state index in [-0.39, 0.29) is 11.1 Å². The maximum absolute atomic E-state index is 13.3. The van der Waals surface area contributed by atoms with Crippen LogP contribution in [0.2, 0.25) is 0 Å². The fourth-order valence-electron chi connectivity index (χ4n) is 4.13. The van der Waals surface area contributed by atoms with E-state index >= 15 is 0 Å². The largest absolute Gasteiger partial charge is 0.416 e. The number of halogens is 3. The first kappa shape index (κ1) is 22.1. The van der Waals surface area contributed by atoms with Crippen molar-refractivity contribution in [1.29, 1.82) is 0 Å². The van der Waals surface area contributed by atoms with E-state index in [1.165, 1.54) is 23.8 Å². The zero-order valence-corrected chi connectivity index (χ0v) is 18.0. The highest BCUT2D eigenvalue weighted by Crippen LogP contribution is 2.35. The number of aromatic nitrogens is 3. The number of hydrogen-bond donors (Lipinski definition) is 1. The van der Waals surface area contributed by atoms with E-state index in [1.54, 1.807) is 26.1 Å². The Bertz CT molecular complexity index is 1200. The summed E-state index contributed by atoms with van der Waals surface area (Å²) >= 11 is 0. The molecule has 10 heteroatoms. The molecule has 0 bridgehead atoms. The zero-order chi connectivity index (χ0) is 23.0. The predicted molar refractivity (Wildman–Crippen MR) is 116 cm³/mol. The first-order valence-corrected chi connectivity index (χ1v) is 10.3. The molecule has 2 aromatic heterocycles. The average molecular weight is 447 g/mol. The van der Waals surface area contributed by atoms with Crippen molar-refractivity contribution in [1.82, 2.24) is 14.8 Å². The molecule has 0 radical (unpaired) electrons. The molecule has 0 spiro atoms. The molecular weight excluding hydrogens is 423 g/mol. The summed E-state index contributed by atoms with van der Waals surface area (Å²) < 4.78 is 46.9. The molecule has 0 amide bonds. The van der Waals surface area contributed by atoms with Crippen molar-refractivity contribution in [3.8, 4) is 0 Å². The molecule has 7 nitrogen and oxygen atoms in total. The molecule has 1 aliphatic rings. The molecule has 0 saturated carbocycles. The van der Waals surface area contributed by atoms with Crippen molar-refractivity contribution in [3.63, 3.8) is 0 Å². The molecule has 1 aliphatic heterocycles. The fraction of sp³-hybridized carbons (Fsp3) is 0.409. The average Bonchev–Trinajstić information content (AvgIpc) is 2.76. The van der Waals surface area contributed by atoms with Crippen molar-refractivity contribution in [2.45, 2.75) is 26.1 Å². The smallest absolute Gasteiger partial charge is 0.378 e. The Kier molecular flexibility index (Phi) is 5.81. The molecule has 32 heavy (non-hydrogen) atoms. The van der Waals surface area contributed by atoms with Crippen LogP contribution in [-0.2, 0) is 18.0 Å². The Morgan fingerprint density at radius 2 is 1.94 bits per heavy atom. The van der Waals surface area contributed by atoms with E-state index in [0.717, 1.165) is 6.07 Å². The molecule has 1 saturated heterocycles. The van der Waals surface area contributed by atoms with Crippen LogP contribution >= 0.6 is 0 Å². The number of hydrogen-bond acceptors (Lipinski definition) is 6. The standard InChI is InChI=1S/C22H24F3N5O2/c1-13-15(5-4-6-17(13)22(23,24)25)14(2)27-20-16-11-18(30-7-9-32-10-8-30)21(31)29(3)19(16)12-26-28-20/h4-6,11-12,14H,7-10H2,1-3H3,(H,27,28)/t14-/m1/s1. The maximum Gasteiger partial charge on any atom is 0.416 e. The van der Waals surface area contributed by atoms with E-state index in [9.17, 15) is 18.0 Å². The zero-order valence-electron chi connectivity index (χ0n) is 18.0. The van der Waals surface area contributed by atoms with Crippen LogP contribution in [-0.4, -0.2) is 41.1 Å². The first-order valence-electron chi connectivity index (χ1n) is 10.3. The van der Waals surface area contributed by atoms with Gasteiger partial charge in [-0.25, -0.2) is 0 Å². The van der Waals surface area contributed by atoms with Gasteiger partial charge in [-0.1, -0.05) is 12.1 Å². The number of morpholine rings is 1. The molecule has 1 N–H and O–H groups in total. The number of benzene rings is 1. The number of nitrogens with zero attached hydrogens (tertiary/aromatic N) is 4. The van der Waals surface area contributed by atoms with Crippen molar-refractivity contribution < 1.29 is 17.9 Å². The summed E-state index contributed by atoms with van der Waals surface area (Å²) in [6.45, 7) is 5.50. The van der Waals surface area contributed by atoms with Gasteiger partial charge in [0.15, 0.2) is 5.82 Å². The molecule has 4 rings (SSSR count). The van der Waals surface area contributed by atoms with E-state index in [4.69, 9.17) is 4.74 Å². The molecule has 1 aromatic carbocycles. The second-order valence-electron chi connectivity index (χ2n) is 7.87. The Morgan fingerprint density at radius 3 is 2.62 bits per heavy atom. The molecule has 0 aliphatic carbocycles. The Labute approximate surface area is 182 Å². The summed E-state index contributed by atoms with van der Waals surface area (Å²) in [5.74, 6) is 0.400. The lowest BCUT2D eigenvalue weighted by Gasteiger charge is -2.29. The molecule has 1 fully saturated rings. The molecule has 1 atom stereocenters. The van der Waals surface area contributed by atoms with Crippen LogP contribution in [0.5, 0.6) is 0 Å². The van der Waals surface area contributed by atoms with Crippen LogP contribution in [0.25, 0.3) is 10.9 Å². The molecule has 3 aromatic rings. The first-order chi connectivity index (χ1) is 15.2. The van der Waals surface area contributed by atoms with Gasteiger partial charge in [-0.3, -0.25) is 4.79 Å². The highest BCUT2D eigenvalue weighted by molar-refractivity contribution is 5.91. The van der Waals surface area contributed by atoms with E-state index in [1.807, 2.05) is 4.90 Å². The van der Waals surface area contributed by atoms with Crippen LogP contribution in [0.1, 0.15) is 29.7 Å². The van der Waals surface area contributed by atoms with Gasteiger partial charge in [0, 0.05) is 25.5 Å². The third-order valence-electron chi connectivity index (χ3n) is 5.89. The number of aryl methyl sites for hydroxylation is 1. The number of ether oxygens (including phenoxy) is 1. The fourth-order valence-corrected chi connectivity index (χ4v) is 4.13. The number of pyridine rings is 1. The molecule has 0 unspecified atom stereocenters. The van der Waals surface area contributed by atoms with E-state index in [0.29, 0.717) is 54.3 Å². The number of rotatable bonds is 4. The summed E-state index contributed by atoms with van der Waals surface area (Å²) in [6, 6.07) is 5.44. The molecule has 170 valence electrons. The number of nitrogens with one attached hydrogen (secondary N) is 1. The Balaban J connectivity index is 1.75. The predicted octanol–water partition coefficient (Wildman–Crippen LogP) is 3.67. The van der Waals surface area contributed by atoms with Crippen molar-refractivity contribution in [3.05, 3.63) is 57.5 Å². The monoisotopic (exact) mass is 447 g/mol. The summed E-state index contributed by atoms with van der Waals surface area (Å²) in [4.78, 5) is 14.9. The number of alkyl halides is 3. The lowest BCUT2D eigenvalue weighted by molar-refractivity contribution is -0.138. The minimum Gasteiger partial charge on any atom is -0.378 e. The quantitative estimate of drug-likeness (QED) is 0.658.